The van der Waals surface area contributed by atoms with Crippen molar-refractivity contribution in [2.75, 3.05) is 0 Å². The van der Waals surface area contributed by atoms with Crippen molar-refractivity contribution < 1.29 is 0 Å². The van der Waals surface area contributed by atoms with Crippen LogP contribution in [0, 0.1) is 0 Å². The molecule has 0 N–H and O–H groups in total. The lowest BCUT2D eigenvalue weighted by Crippen LogP contribution is -2.00. The van der Waals surface area contributed by atoms with Crippen LogP contribution in [0.5, 0.6) is 0 Å². The summed E-state index contributed by atoms with van der Waals surface area (Å²) in [5.41, 5.74) is 11.2. The molecule has 0 unspecified atom stereocenters. The van der Waals surface area contributed by atoms with Crippen LogP contribution in [-0.4, -0.2) is 0 Å². The Morgan fingerprint density at radius 2 is 0.964 bits per heavy atom. The van der Waals surface area contributed by atoms with Crippen molar-refractivity contribution in [1.29, 1.82) is 0 Å². The largest absolute Gasteiger partial charge is 0.0617 e. The van der Waals surface area contributed by atoms with E-state index in [1.54, 1.807) is 0 Å². The highest BCUT2D eigenvalue weighted by Crippen LogP contribution is 2.50. The van der Waals surface area contributed by atoms with Gasteiger partial charge in [-0.15, -0.1) is 0 Å². The maximum atomic E-state index is 2.36. The molecular weight excluding hydrogens is 336 g/mol. The zero-order valence-electron chi connectivity index (χ0n) is 17.1. The van der Waals surface area contributed by atoms with Gasteiger partial charge in [-0.25, -0.2) is 0 Å². The van der Waals surface area contributed by atoms with Crippen molar-refractivity contribution in [1.82, 2.24) is 0 Å². The predicted octanol–water partition coefficient (Wildman–Crippen LogP) is 8.40. The van der Waals surface area contributed by atoms with Crippen LogP contribution in [0.25, 0.3) is 44.2 Å². The van der Waals surface area contributed by atoms with E-state index in [4.69, 9.17) is 0 Å². The summed E-state index contributed by atoms with van der Waals surface area (Å²) >= 11 is 0. The van der Waals surface area contributed by atoms with E-state index in [0.717, 1.165) is 0 Å². The fourth-order valence-electron chi connectivity index (χ4n) is 4.89. The van der Waals surface area contributed by atoms with Gasteiger partial charge >= 0.3 is 0 Å². The average molecular weight is 363 g/mol. The van der Waals surface area contributed by atoms with Gasteiger partial charge in [0, 0.05) is 0 Å². The highest BCUT2D eigenvalue weighted by atomic mass is 14.3. The van der Waals surface area contributed by atoms with Crippen molar-refractivity contribution in [2.24, 2.45) is 0 Å². The van der Waals surface area contributed by atoms with Crippen LogP contribution in [-0.2, 0) is 0 Å². The Bertz CT molecular complexity index is 1150. The maximum absolute atomic E-state index is 2.36. The minimum absolute atomic E-state index is 0.494. The molecule has 0 amide bonds. The summed E-state index contributed by atoms with van der Waals surface area (Å²) in [4.78, 5) is 0. The second kappa shape index (κ2) is 6.34. The van der Waals surface area contributed by atoms with Crippen molar-refractivity contribution >= 4 is 10.8 Å². The van der Waals surface area contributed by atoms with Gasteiger partial charge in [-0.1, -0.05) is 100 Å². The van der Waals surface area contributed by atoms with Crippen LogP contribution in [0.3, 0.4) is 0 Å². The lowest BCUT2D eigenvalue weighted by Gasteiger charge is -2.21. The molecule has 28 heavy (non-hydrogen) atoms. The van der Waals surface area contributed by atoms with Gasteiger partial charge in [0.1, 0.15) is 0 Å². The van der Waals surface area contributed by atoms with Gasteiger partial charge in [-0.2, -0.15) is 0 Å². The summed E-state index contributed by atoms with van der Waals surface area (Å²) < 4.78 is 0. The minimum Gasteiger partial charge on any atom is -0.0617 e. The molecule has 1 aliphatic carbocycles. The SMILES string of the molecule is CC(C)c1cccc(C(C)C)c1-c1ccc2c3c(cccc13)-c1ccccc1-2. The Balaban J connectivity index is 1.89. The number of hydrogen-bond donors (Lipinski definition) is 0. The third-order valence-electron chi connectivity index (χ3n) is 6.19. The summed E-state index contributed by atoms with van der Waals surface area (Å²) in [6.07, 6.45) is 0. The third-order valence-corrected chi connectivity index (χ3v) is 6.19. The molecule has 1 aliphatic rings. The van der Waals surface area contributed by atoms with Crippen LogP contribution < -0.4 is 0 Å². The van der Waals surface area contributed by atoms with E-state index in [-0.39, 0.29) is 0 Å². The lowest BCUT2D eigenvalue weighted by atomic mass is 9.83. The van der Waals surface area contributed by atoms with E-state index >= 15 is 0 Å². The molecule has 0 nitrogen and oxygen atoms in total. The summed E-state index contributed by atoms with van der Waals surface area (Å²) in [7, 11) is 0. The van der Waals surface area contributed by atoms with E-state index in [1.165, 1.54) is 55.3 Å². The Hall–Kier alpha value is -2.86. The quantitative estimate of drug-likeness (QED) is 0.302. The van der Waals surface area contributed by atoms with E-state index in [2.05, 4.69) is 100 Å². The first-order chi connectivity index (χ1) is 13.6. The first-order valence-electron chi connectivity index (χ1n) is 10.4. The van der Waals surface area contributed by atoms with Crippen LogP contribution in [0.2, 0.25) is 0 Å². The molecule has 0 fully saturated rings. The molecule has 0 saturated heterocycles. The fourth-order valence-corrected chi connectivity index (χ4v) is 4.89. The number of hydrogen-bond acceptors (Lipinski definition) is 0. The highest BCUT2D eigenvalue weighted by Gasteiger charge is 2.24. The number of rotatable bonds is 3. The van der Waals surface area contributed by atoms with Crippen molar-refractivity contribution in [3.63, 3.8) is 0 Å². The molecule has 0 atom stereocenters. The molecule has 138 valence electrons. The summed E-state index contributed by atoms with van der Waals surface area (Å²) in [6.45, 7) is 9.22. The second-order valence-corrected chi connectivity index (χ2v) is 8.56. The smallest absolute Gasteiger partial charge is 0.00201 e. The Morgan fingerprint density at radius 1 is 0.464 bits per heavy atom. The molecular formula is C28H26. The van der Waals surface area contributed by atoms with Crippen LogP contribution in [0.1, 0.15) is 50.7 Å². The van der Waals surface area contributed by atoms with E-state index in [0.29, 0.717) is 11.8 Å². The minimum atomic E-state index is 0.494. The van der Waals surface area contributed by atoms with Gasteiger partial charge in [0.05, 0.1) is 0 Å². The van der Waals surface area contributed by atoms with Crippen LogP contribution in [0.15, 0.2) is 72.8 Å². The zero-order valence-corrected chi connectivity index (χ0v) is 17.1. The lowest BCUT2D eigenvalue weighted by molar-refractivity contribution is 0.838. The maximum Gasteiger partial charge on any atom is -0.00201 e. The van der Waals surface area contributed by atoms with Crippen LogP contribution in [0.4, 0.5) is 0 Å². The first-order valence-corrected chi connectivity index (χ1v) is 10.4. The monoisotopic (exact) mass is 362 g/mol. The van der Waals surface area contributed by atoms with Crippen molar-refractivity contribution in [3.8, 4) is 33.4 Å². The predicted molar refractivity (Wildman–Crippen MR) is 122 cm³/mol. The molecule has 0 aromatic heterocycles. The Labute approximate surface area is 167 Å². The summed E-state index contributed by atoms with van der Waals surface area (Å²) in [5, 5.41) is 2.79. The molecule has 0 radical (unpaired) electrons. The molecule has 5 rings (SSSR count). The van der Waals surface area contributed by atoms with Crippen molar-refractivity contribution in [2.45, 2.75) is 39.5 Å². The Kier molecular flexibility index (Phi) is 3.91. The molecule has 4 aromatic carbocycles. The van der Waals surface area contributed by atoms with E-state index < -0.39 is 0 Å². The fraction of sp³-hybridized carbons (Fsp3) is 0.214. The molecule has 0 aliphatic heterocycles. The number of fused-ring (bicyclic) bond motifs is 3. The van der Waals surface area contributed by atoms with E-state index in [1.807, 2.05) is 0 Å². The van der Waals surface area contributed by atoms with Gasteiger partial charge in [-0.05, 0) is 67.1 Å². The molecule has 4 aromatic rings. The molecule has 0 bridgehead atoms. The Morgan fingerprint density at radius 3 is 1.57 bits per heavy atom. The van der Waals surface area contributed by atoms with Gasteiger partial charge in [0.25, 0.3) is 0 Å². The van der Waals surface area contributed by atoms with Gasteiger partial charge < -0.3 is 0 Å². The first kappa shape index (κ1) is 17.3. The average Bonchev–Trinajstić information content (AvgIpc) is 3.04. The van der Waals surface area contributed by atoms with Gasteiger partial charge in [0.15, 0.2) is 0 Å². The summed E-state index contributed by atoms with van der Waals surface area (Å²) in [6, 6.07) is 27.2. The zero-order chi connectivity index (χ0) is 19.4. The van der Waals surface area contributed by atoms with Gasteiger partial charge in [-0.3, -0.25) is 0 Å². The van der Waals surface area contributed by atoms with Gasteiger partial charge in [0.2, 0.25) is 0 Å². The molecule has 0 spiro atoms. The topological polar surface area (TPSA) is 0 Å². The molecule has 0 heterocycles. The van der Waals surface area contributed by atoms with Crippen LogP contribution >= 0.6 is 0 Å². The summed E-state index contributed by atoms with van der Waals surface area (Å²) in [5.74, 6) is 0.989. The normalized spacial score (nSPS) is 12.2. The molecule has 0 heteroatoms. The molecule has 0 saturated carbocycles. The number of benzene rings is 4. The second-order valence-electron chi connectivity index (χ2n) is 8.56. The van der Waals surface area contributed by atoms with Crippen molar-refractivity contribution in [3.05, 3.63) is 83.9 Å². The highest BCUT2D eigenvalue weighted by molar-refractivity contribution is 6.18. The van der Waals surface area contributed by atoms with E-state index in [9.17, 15) is 0 Å². The third kappa shape index (κ3) is 2.37. The standard InChI is InChI=1S/C28H26/c1-17(2)19-11-7-12-20(18(3)4)27(19)26-16-15-25-22-10-6-5-9-21(22)23-13-8-14-24(26)28(23)25/h5-18H,1-4H3.